The predicted molar refractivity (Wildman–Crippen MR) is 62.9 cm³/mol. The van der Waals surface area contributed by atoms with Crippen LogP contribution in [-0.4, -0.2) is 40.6 Å². The lowest BCUT2D eigenvalue weighted by Gasteiger charge is -2.21. The van der Waals surface area contributed by atoms with Crippen LogP contribution in [0, 0.1) is 0 Å². The van der Waals surface area contributed by atoms with Gasteiger partial charge in [0.25, 0.3) is 0 Å². The van der Waals surface area contributed by atoms with Crippen molar-refractivity contribution in [2.45, 2.75) is 18.5 Å². The van der Waals surface area contributed by atoms with E-state index in [0.717, 1.165) is 0 Å². The van der Waals surface area contributed by atoms with Crippen LogP contribution in [0.4, 0.5) is 4.39 Å². The fraction of sp³-hybridized carbons (Fsp3) is 0.385. The van der Waals surface area contributed by atoms with Crippen LogP contribution < -0.4 is 0 Å². The molecule has 0 aliphatic carbocycles. The number of rotatable bonds is 2. The second kappa shape index (κ2) is 4.40. The van der Waals surface area contributed by atoms with E-state index in [4.69, 9.17) is 5.11 Å². The van der Waals surface area contributed by atoms with Crippen molar-refractivity contribution < 1.29 is 19.1 Å². The number of benzene rings is 1. The topological polar surface area (TPSA) is 57.6 Å². The summed E-state index contributed by atoms with van der Waals surface area (Å²) in [7, 11) is 0. The third kappa shape index (κ3) is 1.96. The predicted octanol–water partition coefficient (Wildman–Crippen LogP) is 1.43. The molecule has 1 heterocycles. The van der Waals surface area contributed by atoms with E-state index in [1.807, 2.05) is 0 Å². The Kier molecular flexibility index (Phi) is 3.07. The van der Waals surface area contributed by atoms with Crippen LogP contribution in [0.15, 0.2) is 30.3 Å². The highest BCUT2D eigenvalue weighted by molar-refractivity contribution is 5.83. The lowest BCUT2D eigenvalue weighted by atomic mass is 9.86. The molecule has 1 aliphatic rings. The molecule has 0 spiro atoms. The number of halogens is 1. The number of nitrogens with zero attached hydrogens (tertiary/aromatic N) is 1. The number of carbonyl (C=O) groups is 2. The first-order valence-corrected chi connectivity index (χ1v) is 5.68. The first-order valence-electron chi connectivity index (χ1n) is 5.68. The number of aliphatic carboxylic acids is 1. The smallest absolute Gasteiger partial charge is 0.344 e. The Morgan fingerprint density at radius 2 is 2.00 bits per heavy atom. The molecule has 2 rings (SSSR count). The van der Waals surface area contributed by atoms with Crippen LogP contribution in [0.2, 0.25) is 0 Å². The Bertz CT molecular complexity index is 476. The van der Waals surface area contributed by atoms with Gasteiger partial charge in [0.1, 0.15) is 0 Å². The van der Waals surface area contributed by atoms with Gasteiger partial charge in [-0.05, 0) is 5.56 Å². The number of carbonyl (C=O) groups excluding carboxylic acids is 1. The van der Waals surface area contributed by atoms with Crippen molar-refractivity contribution in [1.29, 1.82) is 0 Å². The van der Waals surface area contributed by atoms with Crippen LogP contribution in [0.3, 0.4) is 0 Å². The van der Waals surface area contributed by atoms with E-state index < -0.39 is 24.1 Å². The van der Waals surface area contributed by atoms with E-state index >= 15 is 0 Å². The minimum absolute atomic E-state index is 0.0994. The Labute approximate surface area is 104 Å². The Morgan fingerprint density at radius 1 is 1.39 bits per heavy atom. The summed E-state index contributed by atoms with van der Waals surface area (Å²) in [4.78, 5) is 23.7. The van der Waals surface area contributed by atoms with Crippen molar-refractivity contribution in [2.24, 2.45) is 0 Å². The largest absolute Gasteiger partial charge is 0.479 e. The number of amides is 1. The van der Waals surface area contributed by atoms with Gasteiger partial charge < -0.3 is 10.0 Å². The first kappa shape index (κ1) is 12.5. The molecule has 0 radical (unpaired) electrons. The lowest BCUT2D eigenvalue weighted by molar-refractivity contribution is -0.151. The maximum Gasteiger partial charge on any atom is 0.344 e. The van der Waals surface area contributed by atoms with E-state index in [1.54, 1.807) is 30.3 Å². The normalized spacial score (nSPS) is 27.2. The zero-order chi connectivity index (χ0) is 13.3. The molecular weight excluding hydrogens is 237 g/mol. The third-order valence-electron chi connectivity index (χ3n) is 3.38. The summed E-state index contributed by atoms with van der Waals surface area (Å²) in [6.45, 7) is 1.02. The maximum absolute atomic E-state index is 14.6. The van der Waals surface area contributed by atoms with Gasteiger partial charge in [0, 0.05) is 19.4 Å². The highest BCUT2D eigenvalue weighted by atomic mass is 19.1. The van der Waals surface area contributed by atoms with E-state index in [1.165, 1.54) is 11.8 Å². The second-order valence-corrected chi connectivity index (χ2v) is 4.53. The van der Waals surface area contributed by atoms with Gasteiger partial charge in [0.2, 0.25) is 11.6 Å². The summed E-state index contributed by atoms with van der Waals surface area (Å²) < 4.78 is 14.6. The average Bonchev–Trinajstić information content (AvgIpc) is 2.70. The van der Waals surface area contributed by atoms with Crippen molar-refractivity contribution in [1.82, 2.24) is 4.90 Å². The molecule has 0 aromatic heterocycles. The Hall–Kier alpha value is -1.91. The van der Waals surface area contributed by atoms with Gasteiger partial charge in [-0.2, -0.15) is 0 Å². The SMILES string of the molecule is CC(=O)N1CC(c2ccccc2)C(F)(C(=O)O)C1. The molecule has 1 saturated heterocycles. The molecule has 5 heteroatoms. The van der Waals surface area contributed by atoms with Gasteiger partial charge in [-0.3, -0.25) is 4.79 Å². The minimum atomic E-state index is -2.41. The summed E-state index contributed by atoms with van der Waals surface area (Å²) in [5.74, 6) is -2.64. The molecule has 1 aromatic rings. The summed E-state index contributed by atoms with van der Waals surface area (Å²) in [6, 6.07) is 8.61. The summed E-state index contributed by atoms with van der Waals surface area (Å²) in [5.41, 5.74) is -1.81. The maximum atomic E-state index is 14.6. The molecule has 18 heavy (non-hydrogen) atoms. The number of hydrogen-bond acceptors (Lipinski definition) is 2. The van der Waals surface area contributed by atoms with Crippen molar-refractivity contribution in [3.05, 3.63) is 35.9 Å². The molecule has 1 N–H and O–H groups in total. The van der Waals surface area contributed by atoms with Crippen LogP contribution in [0.1, 0.15) is 18.4 Å². The van der Waals surface area contributed by atoms with Crippen molar-refractivity contribution in [3.63, 3.8) is 0 Å². The number of hydrogen-bond donors (Lipinski definition) is 1. The summed E-state index contributed by atoms with van der Waals surface area (Å²) in [6.07, 6.45) is 0. The van der Waals surface area contributed by atoms with E-state index in [0.29, 0.717) is 5.56 Å². The highest BCUT2D eigenvalue weighted by Gasteiger charge is 2.54. The summed E-state index contributed by atoms with van der Waals surface area (Å²) in [5, 5.41) is 9.09. The molecule has 2 unspecified atom stereocenters. The molecule has 1 aromatic carbocycles. The molecule has 1 fully saturated rings. The third-order valence-corrected chi connectivity index (χ3v) is 3.38. The van der Waals surface area contributed by atoms with Gasteiger partial charge in [-0.25, -0.2) is 9.18 Å². The Balaban J connectivity index is 2.38. The average molecular weight is 251 g/mol. The standard InChI is InChI=1S/C13H14FNO3/c1-9(16)15-7-11(10-5-3-2-4-6-10)13(14,8-15)12(17)18/h2-6,11H,7-8H2,1H3,(H,17,18). The fourth-order valence-electron chi connectivity index (χ4n) is 2.33. The molecule has 4 nitrogen and oxygen atoms in total. The van der Waals surface area contributed by atoms with Crippen LogP contribution >= 0.6 is 0 Å². The molecule has 0 bridgehead atoms. The molecule has 1 amide bonds. The van der Waals surface area contributed by atoms with Crippen molar-refractivity contribution in [2.75, 3.05) is 13.1 Å². The number of alkyl halides is 1. The molecule has 1 aliphatic heterocycles. The number of carboxylic acid groups (broad SMARTS) is 1. The van der Waals surface area contributed by atoms with Crippen LogP contribution in [0.5, 0.6) is 0 Å². The van der Waals surface area contributed by atoms with E-state index in [9.17, 15) is 14.0 Å². The van der Waals surface area contributed by atoms with Crippen molar-refractivity contribution >= 4 is 11.9 Å². The monoisotopic (exact) mass is 251 g/mol. The summed E-state index contributed by atoms with van der Waals surface area (Å²) >= 11 is 0. The first-order chi connectivity index (χ1) is 8.45. The molecule has 2 atom stereocenters. The molecular formula is C13H14FNO3. The zero-order valence-electron chi connectivity index (χ0n) is 9.97. The second-order valence-electron chi connectivity index (χ2n) is 4.53. The minimum Gasteiger partial charge on any atom is -0.479 e. The van der Waals surface area contributed by atoms with Crippen LogP contribution in [0.25, 0.3) is 0 Å². The van der Waals surface area contributed by atoms with Gasteiger partial charge in [-0.1, -0.05) is 30.3 Å². The van der Waals surface area contributed by atoms with Gasteiger partial charge in [0.05, 0.1) is 6.54 Å². The fourth-order valence-corrected chi connectivity index (χ4v) is 2.33. The van der Waals surface area contributed by atoms with Gasteiger partial charge >= 0.3 is 5.97 Å². The van der Waals surface area contributed by atoms with Gasteiger partial charge in [-0.15, -0.1) is 0 Å². The van der Waals surface area contributed by atoms with Crippen molar-refractivity contribution in [3.8, 4) is 0 Å². The van der Waals surface area contributed by atoms with Gasteiger partial charge in [0.15, 0.2) is 0 Å². The number of carboxylic acids is 1. The molecule has 0 saturated carbocycles. The number of likely N-dealkylation sites (tertiary alicyclic amines) is 1. The van der Waals surface area contributed by atoms with Crippen LogP contribution in [-0.2, 0) is 9.59 Å². The van der Waals surface area contributed by atoms with E-state index in [-0.39, 0.29) is 12.5 Å². The lowest BCUT2D eigenvalue weighted by Crippen LogP contribution is -2.41. The molecule has 96 valence electrons. The van der Waals surface area contributed by atoms with E-state index in [2.05, 4.69) is 0 Å². The zero-order valence-corrected chi connectivity index (χ0v) is 9.97. The quantitative estimate of drug-likeness (QED) is 0.865. The Morgan fingerprint density at radius 3 is 2.50 bits per heavy atom. The highest BCUT2D eigenvalue weighted by Crippen LogP contribution is 2.39.